The van der Waals surface area contributed by atoms with Gasteiger partial charge in [0, 0.05) is 32.0 Å². The summed E-state index contributed by atoms with van der Waals surface area (Å²) in [5.41, 5.74) is 4.72. The lowest BCUT2D eigenvalue weighted by atomic mass is 10.1. The third kappa shape index (κ3) is 2.55. The number of phenols is 1. The third-order valence-corrected chi connectivity index (χ3v) is 4.66. The minimum Gasteiger partial charge on any atom is -0.508 e. The lowest BCUT2D eigenvalue weighted by Gasteiger charge is -2.16. The number of fused-ring (bicyclic) bond motifs is 2. The van der Waals surface area contributed by atoms with E-state index in [1.54, 1.807) is 24.1 Å². The molecule has 0 saturated heterocycles. The molecule has 0 aliphatic carbocycles. The Hall–Kier alpha value is -2.86. The summed E-state index contributed by atoms with van der Waals surface area (Å²) in [5.74, 6) is 1.16. The Morgan fingerprint density at radius 2 is 2.00 bits per heavy atom. The van der Waals surface area contributed by atoms with Crippen LogP contribution in [0.3, 0.4) is 0 Å². The molecule has 1 amide bonds. The molecule has 0 spiro atoms. The highest BCUT2D eigenvalue weighted by molar-refractivity contribution is 6.04. The van der Waals surface area contributed by atoms with E-state index in [0.717, 1.165) is 33.7 Å². The van der Waals surface area contributed by atoms with E-state index in [1.807, 2.05) is 35.9 Å². The first-order valence-corrected chi connectivity index (χ1v) is 8.16. The Balaban J connectivity index is 1.80. The van der Waals surface area contributed by atoms with Gasteiger partial charge in [-0.3, -0.25) is 4.79 Å². The number of aryl methyl sites for hydroxylation is 1. The number of phenolic OH excluding ortho intramolecular Hbond substituents is 1. The van der Waals surface area contributed by atoms with Gasteiger partial charge in [-0.15, -0.1) is 0 Å². The first-order valence-electron chi connectivity index (χ1n) is 8.16. The lowest BCUT2D eigenvalue weighted by Crippen LogP contribution is -2.30. The predicted octanol–water partition coefficient (Wildman–Crippen LogP) is 2.48. The maximum absolute atomic E-state index is 12.3. The number of methoxy groups -OCH3 is 1. The molecule has 0 atom stereocenters. The van der Waals surface area contributed by atoms with Crippen molar-refractivity contribution in [1.82, 2.24) is 9.55 Å². The van der Waals surface area contributed by atoms with E-state index in [0.29, 0.717) is 19.6 Å². The van der Waals surface area contributed by atoms with Crippen molar-refractivity contribution in [2.45, 2.75) is 6.42 Å². The van der Waals surface area contributed by atoms with E-state index in [-0.39, 0.29) is 11.7 Å². The van der Waals surface area contributed by atoms with Crippen LogP contribution in [0.15, 0.2) is 36.4 Å². The molecule has 0 unspecified atom stereocenters. The van der Waals surface area contributed by atoms with Crippen LogP contribution in [0.1, 0.15) is 5.56 Å². The largest absolute Gasteiger partial charge is 0.508 e. The van der Waals surface area contributed by atoms with Crippen LogP contribution in [0.2, 0.25) is 0 Å². The molecule has 1 N–H and O–H groups in total. The van der Waals surface area contributed by atoms with Gasteiger partial charge in [-0.05, 0) is 42.0 Å². The molecule has 1 aliphatic heterocycles. The second kappa shape index (κ2) is 5.89. The SMILES string of the molecule is COCCN1C(=O)Cc2cc3c(cc21)nc(-c1ccc(O)cc1)n3C. The van der Waals surface area contributed by atoms with Crippen LogP contribution in [0.4, 0.5) is 5.69 Å². The van der Waals surface area contributed by atoms with Crippen molar-refractivity contribution in [2.75, 3.05) is 25.2 Å². The number of hydrogen-bond acceptors (Lipinski definition) is 4. The Kier molecular flexibility index (Phi) is 3.69. The molecule has 6 heteroatoms. The van der Waals surface area contributed by atoms with Crippen molar-refractivity contribution in [3.05, 3.63) is 42.0 Å². The second-order valence-corrected chi connectivity index (χ2v) is 6.23. The van der Waals surface area contributed by atoms with Crippen LogP contribution in [0, 0.1) is 0 Å². The fourth-order valence-corrected chi connectivity index (χ4v) is 3.35. The quantitative estimate of drug-likeness (QED) is 0.794. The van der Waals surface area contributed by atoms with E-state index in [9.17, 15) is 9.90 Å². The summed E-state index contributed by atoms with van der Waals surface area (Å²) in [5, 5.41) is 9.47. The number of nitrogens with zero attached hydrogens (tertiary/aromatic N) is 3. The van der Waals surface area contributed by atoms with Crippen molar-refractivity contribution in [3.63, 3.8) is 0 Å². The van der Waals surface area contributed by atoms with Crippen LogP contribution in [-0.4, -0.2) is 40.8 Å². The van der Waals surface area contributed by atoms with Gasteiger partial charge in [0.05, 0.1) is 24.1 Å². The highest BCUT2D eigenvalue weighted by Crippen LogP contribution is 2.34. The minimum atomic E-state index is 0.0983. The number of benzene rings is 2. The molecule has 128 valence electrons. The maximum Gasteiger partial charge on any atom is 0.231 e. The van der Waals surface area contributed by atoms with Crippen molar-refractivity contribution in [1.29, 1.82) is 0 Å². The molecular weight excluding hydrogens is 318 g/mol. The molecule has 1 aliphatic rings. The number of aromatic hydroxyl groups is 1. The zero-order chi connectivity index (χ0) is 17.6. The molecule has 25 heavy (non-hydrogen) atoms. The van der Waals surface area contributed by atoms with Gasteiger partial charge >= 0.3 is 0 Å². The Labute approximate surface area is 145 Å². The molecule has 4 rings (SSSR count). The highest BCUT2D eigenvalue weighted by Gasteiger charge is 2.28. The van der Waals surface area contributed by atoms with E-state index in [2.05, 4.69) is 0 Å². The van der Waals surface area contributed by atoms with Gasteiger partial charge in [-0.25, -0.2) is 4.98 Å². The topological polar surface area (TPSA) is 67.6 Å². The standard InChI is InChI=1S/C19H19N3O3/c1-21-17-9-13-10-18(24)22(7-8-25-2)16(13)11-15(17)20-19(21)12-3-5-14(23)6-4-12/h3-6,9,11,23H,7-8,10H2,1-2H3. The molecule has 0 saturated carbocycles. The van der Waals surface area contributed by atoms with Gasteiger partial charge in [-0.2, -0.15) is 0 Å². The summed E-state index contributed by atoms with van der Waals surface area (Å²) >= 11 is 0. The van der Waals surface area contributed by atoms with Gasteiger partial charge in [0.25, 0.3) is 0 Å². The van der Waals surface area contributed by atoms with Gasteiger partial charge in [0.2, 0.25) is 5.91 Å². The molecule has 1 aromatic heterocycles. The first-order chi connectivity index (χ1) is 12.1. The molecular formula is C19H19N3O3. The van der Waals surface area contributed by atoms with Crippen molar-refractivity contribution in [3.8, 4) is 17.1 Å². The zero-order valence-electron chi connectivity index (χ0n) is 14.2. The summed E-state index contributed by atoms with van der Waals surface area (Å²) in [4.78, 5) is 18.8. The molecule has 6 nitrogen and oxygen atoms in total. The zero-order valence-corrected chi connectivity index (χ0v) is 14.2. The number of rotatable bonds is 4. The number of hydrogen-bond donors (Lipinski definition) is 1. The summed E-state index contributed by atoms with van der Waals surface area (Å²) in [6.45, 7) is 1.05. The average molecular weight is 337 g/mol. The molecule has 2 aromatic carbocycles. The first kappa shape index (κ1) is 15.7. The number of anilines is 1. The maximum atomic E-state index is 12.3. The summed E-state index contributed by atoms with van der Waals surface area (Å²) in [6.07, 6.45) is 0.411. The Morgan fingerprint density at radius 3 is 2.72 bits per heavy atom. The summed E-state index contributed by atoms with van der Waals surface area (Å²) < 4.78 is 7.13. The van der Waals surface area contributed by atoms with E-state index in [1.165, 1.54) is 0 Å². The third-order valence-electron chi connectivity index (χ3n) is 4.66. The minimum absolute atomic E-state index is 0.0983. The second-order valence-electron chi connectivity index (χ2n) is 6.23. The fraction of sp³-hybridized carbons (Fsp3) is 0.263. The van der Waals surface area contributed by atoms with Crippen molar-refractivity contribution < 1.29 is 14.6 Å². The normalized spacial score (nSPS) is 13.7. The predicted molar refractivity (Wildman–Crippen MR) is 95.7 cm³/mol. The number of carbonyl (C=O) groups excluding carboxylic acids is 1. The smallest absolute Gasteiger partial charge is 0.231 e. The number of amides is 1. The van der Waals surface area contributed by atoms with Gasteiger partial charge < -0.3 is 19.3 Å². The Bertz CT molecular complexity index is 960. The average Bonchev–Trinajstić information content (AvgIpc) is 3.08. The lowest BCUT2D eigenvalue weighted by molar-refractivity contribution is -0.117. The molecule has 2 heterocycles. The highest BCUT2D eigenvalue weighted by atomic mass is 16.5. The monoisotopic (exact) mass is 337 g/mol. The van der Waals surface area contributed by atoms with Crippen LogP contribution >= 0.6 is 0 Å². The number of ether oxygens (including phenoxy) is 1. The van der Waals surface area contributed by atoms with Gasteiger partial charge in [0.15, 0.2) is 0 Å². The van der Waals surface area contributed by atoms with E-state index < -0.39 is 0 Å². The van der Waals surface area contributed by atoms with Crippen molar-refractivity contribution >= 4 is 22.6 Å². The number of imidazole rings is 1. The Morgan fingerprint density at radius 1 is 1.24 bits per heavy atom. The van der Waals surface area contributed by atoms with E-state index in [4.69, 9.17) is 9.72 Å². The summed E-state index contributed by atoms with van der Waals surface area (Å²) in [7, 11) is 3.59. The molecule has 3 aromatic rings. The fourth-order valence-electron chi connectivity index (χ4n) is 3.35. The van der Waals surface area contributed by atoms with Gasteiger partial charge in [-0.1, -0.05) is 0 Å². The van der Waals surface area contributed by atoms with Crippen LogP contribution in [0.5, 0.6) is 5.75 Å². The van der Waals surface area contributed by atoms with Crippen molar-refractivity contribution in [2.24, 2.45) is 7.05 Å². The number of carbonyl (C=O) groups is 1. The molecule has 0 fully saturated rings. The molecule has 0 radical (unpaired) electrons. The van der Waals surface area contributed by atoms with Crippen LogP contribution < -0.4 is 4.90 Å². The number of aromatic nitrogens is 2. The van der Waals surface area contributed by atoms with Crippen LogP contribution in [-0.2, 0) is 23.0 Å². The van der Waals surface area contributed by atoms with Crippen LogP contribution in [0.25, 0.3) is 22.4 Å². The molecule has 0 bridgehead atoms. The van der Waals surface area contributed by atoms with E-state index >= 15 is 0 Å². The summed E-state index contributed by atoms with van der Waals surface area (Å²) in [6, 6.07) is 11.0. The van der Waals surface area contributed by atoms with Gasteiger partial charge in [0.1, 0.15) is 11.6 Å².